The van der Waals surface area contributed by atoms with E-state index in [1.54, 1.807) is 15.9 Å². The van der Waals surface area contributed by atoms with Crippen molar-refractivity contribution in [1.29, 1.82) is 0 Å². The molecular weight excluding hydrogens is 384 g/mol. The van der Waals surface area contributed by atoms with Crippen LogP contribution in [0.4, 0.5) is 11.4 Å². The summed E-state index contributed by atoms with van der Waals surface area (Å²) < 4.78 is 2.00. The fourth-order valence-electron chi connectivity index (χ4n) is 3.77. The average molecular weight is 408 g/mol. The highest BCUT2D eigenvalue weighted by atomic mass is 16.6. The van der Waals surface area contributed by atoms with Crippen LogP contribution in [0.2, 0.25) is 0 Å². The zero-order valence-electron chi connectivity index (χ0n) is 17.1. The molecule has 30 heavy (non-hydrogen) atoms. The molecule has 4 rings (SSSR count). The van der Waals surface area contributed by atoms with Gasteiger partial charge in [0.2, 0.25) is 0 Å². The van der Waals surface area contributed by atoms with Gasteiger partial charge in [0, 0.05) is 77.0 Å². The lowest BCUT2D eigenvalue weighted by atomic mass is 10.1. The molecule has 0 atom stereocenters. The molecule has 0 spiro atoms. The Kier molecular flexibility index (Phi) is 5.37. The molecule has 9 heteroatoms. The number of benzene rings is 1. The molecule has 1 fully saturated rings. The van der Waals surface area contributed by atoms with E-state index < -0.39 is 4.92 Å². The molecule has 0 aliphatic carbocycles. The van der Waals surface area contributed by atoms with Crippen LogP contribution in [0.1, 0.15) is 16.1 Å². The quantitative estimate of drug-likeness (QED) is 0.475. The van der Waals surface area contributed by atoms with Crippen LogP contribution in [0.15, 0.2) is 48.8 Å². The van der Waals surface area contributed by atoms with Gasteiger partial charge in [0.15, 0.2) is 0 Å². The predicted octanol–water partition coefficient (Wildman–Crippen LogP) is 2.27. The maximum atomic E-state index is 13.1. The van der Waals surface area contributed by atoms with E-state index in [-0.39, 0.29) is 11.6 Å². The summed E-state index contributed by atoms with van der Waals surface area (Å²) >= 11 is 0. The average Bonchev–Trinajstić information content (AvgIpc) is 3.15. The van der Waals surface area contributed by atoms with Crippen molar-refractivity contribution in [2.75, 3.05) is 45.2 Å². The van der Waals surface area contributed by atoms with Crippen LogP contribution in [0, 0.1) is 10.1 Å². The molecule has 1 aliphatic rings. The van der Waals surface area contributed by atoms with Gasteiger partial charge in [-0.05, 0) is 18.2 Å². The minimum absolute atomic E-state index is 0.0746. The summed E-state index contributed by atoms with van der Waals surface area (Å²) in [7, 11) is 3.65. The number of nitro groups is 1. The Morgan fingerprint density at radius 1 is 1.17 bits per heavy atom. The first-order chi connectivity index (χ1) is 14.4. The minimum Gasteiger partial charge on any atom is -0.377 e. The van der Waals surface area contributed by atoms with Crippen LogP contribution in [0.5, 0.6) is 0 Å². The maximum Gasteiger partial charge on any atom is 0.270 e. The summed E-state index contributed by atoms with van der Waals surface area (Å²) in [6.07, 6.45) is 4.00. The SMILES string of the molecule is CN(C)c1ccc([N+](=O)[O-])cc1C(=O)N1CCN(Cc2cn3ccccc3n2)CC1. The Morgan fingerprint density at radius 2 is 1.93 bits per heavy atom. The Hall–Kier alpha value is -3.46. The maximum absolute atomic E-state index is 13.1. The number of fused-ring (bicyclic) bond motifs is 1. The normalized spacial score (nSPS) is 14.8. The molecule has 1 aliphatic heterocycles. The van der Waals surface area contributed by atoms with Crippen molar-refractivity contribution < 1.29 is 9.72 Å². The summed E-state index contributed by atoms with van der Waals surface area (Å²) in [5.74, 6) is -0.171. The number of carbonyl (C=O) groups is 1. The molecule has 0 N–H and O–H groups in total. The van der Waals surface area contributed by atoms with E-state index in [4.69, 9.17) is 0 Å². The molecule has 3 aromatic rings. The molecule has 0 radical (unpaired) electrons. The number of non-ortho nitro benzene ring substituents is 1. The largest absolute Gasteiger partial charge is 0.377 e. The van der Waals surface area contributed by atoms with Gasteiger partial charge < -0.3 is 14.2 Å². The molecule has 1 aromatic carbocycles. The van der Waals surface area contributed by atoms with Gasteiger partial charge in [-0.25, -0.2) is 4.98 Å². The highest BCUT2D eigenvalue weighted by Crippen LogP contribution is 2.26. The Balaban J connectivity index is 1.44. The lowest BCUT2D eigenvalue weighted by Gasteiger charge is -2.35. The van der Waals surface area contributed by atoms with Crippen LogP contribution in [-0.2, 0) is 6.54 Å². The Bertz CT molecular complexity index is 1050. The van der Waals surface area contributed by atoms with E-state index in [0.29, 0.717) is 24.3 Å². The number of nitro benzene ring substituents is 1. The molecule has 3 heterocycles. The second-order valence-corrected chi connectivity index (χ2v) is 7.62. The van der Waals surface area contributed by atoms with Crippen LogP contribution >= 0.6 is 0 Å². The third-order valence-corrected chi connectivity index (χ3v) is 5.36. The zero-order valence-corrected chi connectivity index (χ0v) is 17.1. The number of nitrogens with zero attached hydrogens (tertiary/aromatic N) is 6. The van der Waals surface area contributed by atoms with Crippen LogP contribution < -0.4 is 4.90 Å². The minimum atomic E-state index is -0.469. The molecule has 1 saturated heterocycles. The van der Waals surface area contributed by atoms with Crippen molar-refractivity contribution in [2.45, 2.75) is 6.54 Å². The summed E-state index contributed by atoms with van der Waals surface area (Å²) in [5, 5.41) is 11.2. The highest BCUT2D eigenvalue weighted by molar-refractivity contribution is 6.00. The standard InChI is InChI=1S/C21H24N6O3/c1-23(2)19-7-6-17(27(29)30)13-18(19)21(28)25-11-9-24(10-12-25)14-16-15-26-8-4-3-5-20(26)22-16/h3-8,13,15H,9-12,14H2,1-2H3. The van der Waals surface area contributed by atoms with E-state index >= 15 is 0 Å². The third-order valence-electron chi connectivity index (χ3n) is 5.36. The fourth-order valence-corrected chi connectivity index (χ4v) is 3.77. The van der Waals surface area contributed by atoms with Gasteiger partial charge >= 0.3 is 0 Å². The Morgan fingerprint density at radius 3 is 2.60 bits per heavy atom. The number of anilines is 1. The number of hydrogen-bond donors (Lipinski definition) is 0. The molecule has 9 nitrogen and oxygen atoms in total. The van der Waals surface area contributed by atoms with Gasteiger partial charge in [-0.1, -0.05) is 6.07 Å². The predicted molar refractivity (Wildman–Crippen MR) is 114 cm³/mol. The molecule has 2 aromatic heterocycles. The lowest BCUT2D eigenvalue weighted by molar-refractivity contribution is -0.384. The summed E-state index contributed by atoms with van der Waals surface area (Å²) in [4.78, 5) is 34.3. The first kappa shape index (κ1) is 19.8. The van der Waals surface area contributed by atoms with Crippen molar-refractivity contribution in [3.05, 3.63) is 70.2 Å². The number of pyridine rings is 1. The zero-order chi connectivity index (χ0) is 21.3. The molecule has 0 unspecified atom stereocenters. The van der Waals surface area contributed by atoms with E-state index in [9.17, 15) is 14.9 Å². The number of rotatable bonds is 5. The van der Waals surface area contributed by atoms with Gasteiger partial charge in [0.1, 0.15) is 5.65 Å². The van der Waals surface area contributed by atoms with E-state index in [2.05, 4.69) is 9.88 Å². The van der Waals surface area contributed by atoms with Gasteiger partial charge in [-0.15, -0.1) is 0 Å². The fraction of sp³-hybridized carbons (Fsp3) is 0.333. The van der Waals surface area contributed by atoms with Crippen LogP contribution in [0.25, 0.3) is 5.65 Å². The van der Waals surface area contributed by atoms with Crippen molar-refractivity contribution in [2.24, 2.45) is 0 Å². The topological polar surface area (TPSA) is 87.2 Å². The monoisotopic (exact) mass is 408 g/mol. The van der Waals surface area contributed by atoms with Crippen molar-refractivity contribution in [1.82, 2.24) is 19.2 Å². The second-order valence-electron chi connectivity index (χ2n) is 7.62. The van der Waals surface area contributed by atoms with E-state index in [1.807, 2.05) is 49.1 Å². The molecular formula is C21H24N6O3. The number of carbonyl (C=O) groups excluding carboxylic acids is 1. The Labute approximate surface area is 174 Å². The van der Waals surface area contributed by atoms with Crippen molar-refractivity contribution in [3.8, 4) is 0 Å². The summed E-state index contributed by atoms with van der Waals surface area (Å²) in [6, 6.07) is 10.3. The van der Waals surface area contributed by atoms with E-state index in [0.717, 1.165) is 31.0 Å². The first-order valence-electron chi connectivity index (χ1n) is 9.82. The number of piperazine rings is 1. The molecule has 156 valence electrons. The van der Waals surface area contributed by atoms with Crippen LogP contribution in [0.3, 0.4) is 0 Å². The number of amides is 1. The van der Waals surface area contributed by atoms with Crippen molar-refractivity contribution in [3.63, 3.8) is 0 Å². The number of imidazole rings is 1. The molecule has 0 saturated carbocycles. The summed E-state index contributed by atoms with van der Waals surface area (Å²) in [5.41, 5.74) is 2.88. The van der Waals surface area contributed by atoms with Gasteiger partial charge in [-0.3, -0.25) is 19.8 Å². The first-order valence-corrected chi connectivity index (χ1v) is 9.82. The van der Waals surface area contributed by atoms with Gasteiger partial charge in [0.05, 0.1) is 16.2 Å². The van der Waals surface area contributed by atoms with Gasteiger partial charge in [0.25, 0.3) is 11.6 Å². The summed E-state index contributed by atoms with van der Waals surface area (Å²) in [6.45, 7) is 3.32. The third kappa shape index (κ3) is 3.97. The second kappa shape index (κ2) is 8.11. The lowest BCUT2D eigenvalue weighted by Crippen LogP contribution is -2.48. The van der Waals surface area contributed by atoms with Gasteiger partial charge in [-0.2, -0.15) is 0 Å². The molecule has 1 amide bonds. The van der Waals surface area contributed by atoms with E-state index in [1.165, 1.54) is 12.1 Å². The van der Waals surface area contributed by atoms with Crippen LogP contribution in [-0.4, -0.2) is 70.3 Å². The number of aromatic nitrogens is 2. The molecule has 0 bridgehead atoms. The smallest absolute Gasteiger partial charge is 0.270 e. The number of hydrogen-bond acceptors (Lipinski definition) is 6. The van der Waals surface area contributed by atoms with Crippen molar-refractivity contribution >= 4 is 22.9 Å². The highest BCUT2D eigenvalue weighted by Gasteiger charge is 2.26.